The van der Waals surface area contributed by atoms with Gasteiger partial charge in [0.1, 0.15) is 12.2 Å². The highest BCUT2D eigenvalue weighted by Crippen LogP contribution is 2.14. The van der Waals surface area contributed by atoms with Gasteiger partial charge in [-0.2, -0.15) is 5.10 Å². The Morgan fingerprint density at radius 3 is 2.86 bits per heavy atom. The van der Waals surface area contributed by atoms with Crippen molar-refractivity contribution in [3.8, 4) is 0 Å². The fraction of sp³-hybridized carbons (Fsp3) is 0.778. The van der Waals surface area contributed by atoms with E-state index in [0.29, 0.717) is 0 Å². The Bertz CT molecular complexity index is 258. The summed E-state index contributed by atoms with van der Waals surface area (Å²) in [4.78, 5) is 4.05. The number of aromatic nitrogens is 3. The first-order valence-corrected chi connectivity index (χ1v) is 4.75. The van der Waals surface area contributed by atoms with Gasteiger partial charge in [0.15, 0.2) is 0 Å². The summed E-state index contributed by atoms with van der Waals surface area (Å²) in [5.41, 5.74) is -0.103. The number of H-pyrrole nitrogens is 1. The molecule has 0 saturated heterocycles. The summed E-state index contributed by atoms with van der Waals surface area (Å²) >= 11 is 0. The van der Waals surface area contributed by atoms with E-state index in [9.17, 15) is 0 Å². The van der Waals surface area contributed by atoms with Crippen molar-refractivity contribution in [3.63, 3.8) is 0 Å². The second-order valence-corrected chi connectivity index (χ2v) is 4.30. The molecule has 0 radical (unpaired) electrons. The molecule has 1 unspecified atom stereocenters. The quantitative estimate of drug-likeness (QED) is 0.643. The van der Waals surface area contributed by atoms with Gasteiger partial charge in [-0.25, -0.2) is 4.98 Å². The number of aliphatic hydroxyl groups is 1. The minimum absolute atomic E-state index is 0.103. The van der Waals surface area contributed by atoms with E-state index in [1.165, 1.54) is 6.33 Å². The van der Waals surface area contributed by atoms with E-state index in [-0.39, 0.29) is 18.1 Å². The topological polar surface area (TPSA) is 73.8 Å². The molecule has 0 aliphatic carbocycles. The molecule has 0 aliphatic rings. The van der Waals surface area contributed by atoms with Gasteiger partial charge in [-0.1, -0.05) is 13.8 Å². The number of hydrogen-bond donors (Lipinski definition) is 3. The number of aromatic amines is 1. The van der Waals surface area contributed by atoms with Crippen molar-refractivity contribution in [2.45, 2.75) is 26.8 Å². The lowest BCUT2D eigenvalue weighted by Crippen LogP contribution is -2.34. The van der Waals surface area contributed by atoms with Gasteiger partial charge in [0.05, 0.1) is 6.04 Å². The minimum atomic E-state index is -0.103. The van der Waals surface area contributed by atoms with Crippen LogP contribution in [0, 0.1) is 5.41 Å². The third-order valence-corrected chi connectivity index (χ3v) is 2.16. The average Bonchev–Trinajstić information content (AvgIpc) is 2.67. The van der Waals surface area contributed by atoms with Crippen LogP contribution in [0.5, 0.6) is 0 Å². The molecule has 0 fully saturated rings. The lowest BCUT2D eigenvalue weighted by Gasteiger charge is -2.23. The molecule has 0 aromatic carbocycles. The Balaban J connectivity index is 2.39. The van der Waals surface area contributed by atoms with E-state index in [1.807, 2.05) is 20.8 Å². The monoisotopic (exact) mass is 198 g/mol. The van der Waals surface area contributed by atoms with Crippen LogP contribution in [0.25, 0.3) is 0 Å². The van der Waals surface area contributed by atoms with Crippen molar-refractivity contribution in [1.82, 2.24) is 20.5 Å². The first-order valence-electron chi connectivity index (χ1n) is 4.75. The Labute approximate surface area is 83.9 Å². The van der Waals surface area contributed by atoms with Crippen molar-refractivity contribution in [2.24, 2.45) is 5.41 Å². The summed E-state index contributed by atoms with van der Waals surface area (Å²) in [6.07, 6.45) is 1.49. The standard InChI is InChI=1S/C9H18N4O/c1-7(8-11-6-12-13-8)10-4-9(2,3)5-14/h6-7,10,14H,4-5H2,1-3H3,(H,11,12,13). The van der Waals surface area contributed by atoms with Crippen molar-refractivity contribution < 1.29 is 5.11 Å². The molecule has 1 aromatic heterocycles. The predicted molar refractivity (Wildman–Crippen MR) is 53.7 cm³/mol. The van der Waals surface area contributed by atoms with Crippen LogP contribution in [0.1, 0.15) is 32.6 Å². The molecule has 14 heavy (non-hydrogen) atoms. The third kappa shape index (κ3) is 3.08. The Morgan fingerprint density at radius 2 is 2.36 bits per heavy atom. The molecule has 1 atom stereocenters. The molecule has 0 aliphatic heterocycles. The Hall–Kier alpha value is -0.940. The SMILES string of the molecule is CC(NCC(C)(C)CO)c1ncn[nH]1. The molecule has 0 bridgehead atoms. The smallest absolute Gasteiger partial charge is 0.141 e. The number of nitrogens with one attached hydrogen (secondary N) is 2. The summed E-state index contributed by atoms with van der Waals surface area (Å²) in [5.74, 6) is 0.818. The number of hydrogen-bond acceptors (Lipinski definition) is 4. The fourth-order valence-corrected chi connectivity index (χ4v) is 1.01. The highest BCUT2D eigenvalue weighted by molar-refractivity contribution is 4.89. The van der Waals surface area contributed by atoms with E-state index in [1.54, 1.807) is 0 Å². The van der Waals surface area contributed by atoms with Crippen molar-refractivity contribution in [3.05, 3.63) is 12.2 Å². The lowest BCUT2D eigenvalue weighted by molar-refractivity contribution is 0.153. The van der Waals surface area contributed by atoms with Gasteiger partial charge in [-0.3, -0.25) is 5.10 Å². The van der Waals surface area contributed by atoms with Crippen LogP contribution in [0.3, 0.4) is 0 Å². The van der Waals surface area contributed by atoms with E-state index < -0.39 is 0 Å². The van der Waals surface area contributed by atoms with E-state index in [2.05, 4.69) is 20.5 Å². The second kappa shape index (κ2) is 4.52. The van der Waals surface area contributed by atoms with Crippen LogP contribution in [0.15, 0.2) is 6.33 Å². The summed E-state index contributed by atoms with van der Waals surface area (Å²) in [6.45, 7) is 6.93. The van der Waals surface area contributed by atoms with Gasteiger partial charge in [-0.05, 0) is 6.92 Å². The highest BCUT2D eigenvalue weighted by Gasteiger charge is 2.18. The molecule has 0 amide bonds. The van der Waals surface area contributed by atoms with Gasteiger partial charge >= 0.3 is 0 Å². The largest absolute Gasteiger partial charge is 0.396 e. The summed E-state index contributed by atoms with van der Waals surface area (Å²) < 4.78 is 0. The maximum absolute atomic E-state index is 9.06. The van der Waals surface area contributed by atoms with Crippen LogP contribution < -0.4 is 5.32 Å². The zero-order chi connectivity index (χ0) is 10.6. The summed E-state index contributed by atoms with van der Waals surface area (Å²) in [5, 5.41) is 18.9. The molecule has 1 rings (SSSR count). The minimum Gasteiger partial charge on any atom is -0.396 e. The van der Waals surface area contributed by atoms with Gasteiger partial charge in [0.2, 0.25) is 0 Å². The molecule has 0 spiro atoms. The average molecular weight is 198 g/mol. The van der Waals surface area contributed by atoms with Gasteiger partial charge in [0, 0.05) is 18.6 Å². The second-order valence-electron chi connectivity index (χ2n) is 4.30. The van der Waals surface area contributed by atoms with E-state index in [4.69, 9.17) is 5.11 Å². The molecule has 1 aromatic rings. The van der Waals surface area contributed by atoms with Crippen molar-refractivity contribution in [2.75, 3.05) is 13.2 Å². The number of nitrogens with zero attached hydrogens (tertiary/aromatic N) is 2. The zero-order valence-electron chi connectivity index (χ0n) is 8.91. The summed E-state index contributed by atoms with van der Waals surface area (Å²) in [7, 11) is 0. The zero-order valence-corrected chi connectivity index (χ0v) is 8.91. The molecule has 1 heterocycles. The first-order chi connectivity index (χ1) is 6.55. The normalized spacial score (nSPS) is 14.3. The first kappa shape index (κ1) is 11.1. The van der Waals surface area contributed by atoms with Crippen molar-refractivity contribution in [1.29, 1.82) is 0 Å². The maximum atomic E-state index is 9.06. The fourth-order valence-electron chi connectivity index (χ4n) is 1.01. The van der Waals surface area contributed by atoms with Gasteiger partial charge in [0.25, 0.3) is 0 Å². The molecular weight excluding hydrogens is 180 g/mol. The molecule has 3 N–H and O–H groups in total. The lowest BCUT2D eigenvalue weighted by atomic mass is 9.95. The maximum Gasteiger partial charge on any atom is 0.141 e. The Morgan fingerprint density at radius 1 is 1.64 bits per heavy atom. The number of rotatable bonds is 5. The molecule has 5 nitrogen and oxygen atoms in total. The Kier molecular flexibility index (Phi) is 3.60. The predicted octanol–water partition coefficient (Wildman–Crippen LogP) is 0.474. The number of aliphatic hydroxyl groups excluding tert-OH is 1. The molecule has 80 valence electrons. The molecular formula is C9H18N4O. The van der Waals surface area contributed by atoms with Gasteiger partial charge < -0.3 is 10.4 Å². The van der Waals surface area contributed by atoms with Crippen LogP contribution in [-0.4, -0.2) is 33.4 Å². The summed E-state index contributed by atoms with van der Waals surface area (Å²) in [6, 6.07) is 0.128. The van der Waals surface area contributed by atoms with Crippen LogP contribution in [0.2, 0.25) is 0 Å². The molecule has 0 saturated carbocycles. The third-order valence-electron chi connectivity index (χ3n) is 2.16. The van der Waals surface area contributed by atoms with Crippen LogP contribution >= 0.6 is 0 Å². The van der Waals surface area contributed by atoms with Crippen LogP contribution in [0.4, 0.5) is 0 Å². The van der Waals surface area contributed by atoms with Gasteiger partial charge in [-0.15, -0.1) is 0 Å². The van der Waals surface area contributed by atoms with Crippen molar-refractivity contribution >= 4 is 0 Å². The highest BCUT2D eigenvalue weighted by atomic mass is 16.3. The van der Waals surface area contributed by atoms with E-state index in [0.717, 1.165) is 12.4 Å². The van der Waals surface area contributed by atoms with Crippen LogP contribution in [-0.2, 0) is 0 Å². The van der Waals surface area contributed by atoms with E-state index >= 15 is 0 Å². The molecule has 5 heteroatoms.